The predicted molar refractivity (Wildman–Crippen MR) is 104 cm³/mol. The van der Waals surface area contributed by atoms with E-state index in [0.29, 0.717) is 0 Å². The van der Waals surface area contributed by atoms with Crippen molar-refractivity contribution in [3.63, 3.8) is 0 Å². The average molecular weight is 419 g/mol. The van der Waals surface area contributed by atoms with Gasteiger partial charge in [0, 0.05) is 0 Å². The van der Waals surface area contributed by atoms with E-state index in [1.807, 2.05) is 0 Å². The van der Waals surface area contributed by atoms with E-state index in [4.69, 9.17) is 3.07 Å². The Morgan fingerprint density at radius 1 is 0.500 bits per heavy atom. The molecule has 0 radical (unpaired) electrons. The van der Waals surface area contributed by atoms with E-state index in [2.05, 4.69) is 27.7 Å². The van der Waals surface area contributed by atoms with Crippen molar-refractivity contribution in [2.45, 2.75) is 118 Å². The molecule has 0 unspecified atom stereocenters. The first-order chi connectivity index (χ1) is 10.7. The molecule has 134 valence electrons. The van der Waals surface area contributed by atoms with Gasteiger partial charge in [0.15, 0.2) is 0 Å². The molecule has 0 rings (SSSR count). The van der Waals surface area contributed by atoms with Gasteiger partial charge in [-0.1, -0.05) is 0 Å². The van der Waals surface area contributed by atoms with Crippen LogP contribution in [0, 0.1) is 0 Å². The molecule has 0 aliphatic carbocycles. The Balaban J connectivity index is 4.21. The number of rotatable bonds is 17. The summed E-state index contributed by atoms with van der Waals surface area (Å²) in [6, 6.07) is 0. The first-order valence-corrected chi connectivity index (χ1v) is 17.6. The van der Waals surface area contributed by atoms with Gasteiger partial charge in [0.1, 0.15) is 0 Å². The van der Waals surface area contributed by atoms with Gasteiger partial charge in [-0.3, -0.25) is 0 Å². The summed E-state index contributed by atoms with van der Waals surface area (Å²) in [7, 11) is 0. The number of hydrogen-bond acceptors (Lipinski definition) is 1. The molecule has 0 aliphatic rings. The van der Waals surface area contributed by atoms with Crippen molar-refractivity contribution in [1.29, 1.82) is 0 Å². The fraction of sp³-hybridized carbons (Fsp3) is 1.00. The molecule has 0 bridgehead atoms. The van der Waals surface area contributed by atoms with E-state index < -0.39 is 18.8 Å². The van der Waals surface area contributed by atoms with Crippen LogP contribution in [0.1, 0.15) is 105 Å². The summed E-state index contributed by atoms with van der Waals surface area (Å²) in [5, 5.41) is 0. The Morgan fingerprint density at radius 2 is 0.909 bits per heavy atom. The minimum atomic E-state index is -2.27. The van der Waals surface area contributed by atoms with Crippen LogP contribution in [-0.2, 0) is 3.07 Å². The third kappa shape index (κ3) is 12.2. The Kier molecular flexibility index (Phi) is 17.2. The molecular formula is C20H44OSn. The second-order valence-corrected chi connectivity index (χ2v) is 19.0. The molecule has 1 nitrogen and oxygen atoms in total. The van der Waals surface area contributed by atoms with Gasteiger partial charge in [-0.05, 0) is 0 Å². The van der Waals surface area contributed by atoms with Gasteiger partial charge >= 0.3 is 147 Å². The molecule has 0 spiro atoms. The van der Waals surface area contributed by atoms with Crippen molar-refractivity contribution in [3.8, 4) is 0 Å². The van der Waals surface area contributed by atoms with Crippen LogP contribution in [0.3, 0.4) is 0 Å². The maximum atomic E-state index is 6.75. The summed E-state index contributed by atoms with van der Waals surface area (Å²) in [4.78, 5) is 0. The molecule has 0 atom stereocenters. The molecular weight excluding hydrogens is 375 g/mol. The average Bonchev–Trinajstić information content (AvgIpc) is 2.55. The summed E-state index contributed by atoms with van der Waals surface area (Å²) in [5.41, 5.74) is 0. The monoisotopic (exact) mass is 420 g/mol. The fourth-order valence-corrected chi connectivity index (χ4v) is 16.8. The summed E-state index contributed by atoms with van der Waals surface area (Å²) in [6.07, 6.45) is 16.6. The van der Waals surface area contributed by atoms with Crippen LogP contribution < -0.4 is 0 Å². The van der Waals surface area contributed by atoms with Crippen LogP contribution in [0.15, 0.2) is 0 Å². The third-order valence-electron chi connectivity index (χ3n) is 4.86. The van der Waals surface area contributed by atoms with Gasteiger partial charge in [0.05, 0.1) is 0 Å². The molecule has 0 heterocycles. The van der Waals surface area contributed by atoms with Crippen LogP contribution >= 0.6 is 0 Å². The van der Waals surface area contributed by atoms with Crippen LogP contribution in [-0.4, -0.2) is 25.4 Å². The van der Waals surface area contributed by atoms with Crippen LogP contribution in [0.5, 0.6) is 0 Å². The first kappa shape index (κ1) is 22.8. The normalized spacial score (nSPS) is 12.0. The Bertz CT molecular complexity index is 196. The molecule has 2 heteroatoms. The van der Waals surface area contributed by atoms with E-state index in [-0.39, 0.29) is 0 Å². The van der Waals surface area contributed by atoms with Crippen molar-refractivity contribution in [2.75, 3.05) is 6.61 Å². The Hall–Kier alpha value is 0.759. The molecule has 0 aromatic carbocycles. The fourth-order valence-electron chi connectivity index (χ4n) is 3.26. The van der Waals surface area contributed by atoms with Crippen molar-refractivity contribution >= 4 is 18.8 Å². The molecule has 0 saturated heterocycles. The summed E-state index contributed by atoms with van der Waals surface area (Å²) in [6.45, 7) is 10.4. The molecule has 0 aromatic heterocycles. The first-order valence-electron chi connectivity index (χ1n) is 10.4. The van der Waals surface area contributed by atoms with Gasteiger partial charge in [-0.15, -0.1) is 0 Å². The summed E-state index contributed by atoms with van der Waals surface area (Å²) < 4.78 is 11.2. The van der Waals surface area contributed by atoms with E-state index in [1.54, 1.807) is 0 Å². The molecule has 0 aromatic rings. The molecule has 0 saturated carbocycles. The zero-order chi connectivity index (χ0) is 16.5. The second-order valence-electron chi connectivity index (χ2n) is 7.11. The van der Waals surface area contributed by atoms with Gasteiger partial charge in [-0.25, -0.2) is 0 Å². The van der Waals surface area contributed by atoms with Crippen molar-refractivity contribution in [2.24, 2.45) is 0 Å². The minimum absolute atomic E-state index is 1.08. The molecule has 0 aliphatic heterocycles. The summed E-state index contributed by atoms with van der Waals surface area (Å²) in [5.74, 6) is 0. The van der Waals surface area contributed by atoms with Crippen molar-refractivity contribution in [1.82, 2.24) is 0 Å². The third-order valence-corrected chi connectivity index (χ3v) is 18.0. The van der Waals surface area contributed by atoms with Crippen molar-refractivity contribution in [3.05, 3.63) is 0 Å². The number of unbranched alkanes of at least 4 members (excludes halogenated alkanes) is 8. The number of hydrogen-bond donors (Lipinski definition) is 0. The zero-order valence-corrected chi connectivity index (χ0v) is 19.1. The quantitative estimate of drug-likeness (QED) is 0.173. The Labute approximate surface area is 146 Å². The van der Waals surface area contributed by atoms with E-state index in [1.165, 1.54) is 90.4 Å². The van der Waals surface area contributed by atoms with E-state index in [0.717, 1.165) is 6.61 Å². The maximum absolute atomic E-state index is 6.75. The summed E-state index contributed by atoms with van der Waals surface area (Å²) >= 11 is -2.27. The Morgan fingerprint density at radius 3 is 1.36 bits per heavy atom. The SMILES string of the molecule is CCCCCCCC[O][Sn]([CH2]CCC)([CH2]CCC)[CH2]CCC. The molecule has 22 heavy (non-hydrogen) atoms. The molecule has 0 fully saturated rings. The van der Waals surface area contributed by atoms with E-state index in [9.17, 15) is 0 Å². The molecule has 0 amide bonds. The van der Waals surface area contributed by atoms with Crippen LogP contribution in [0.2, 0.25) is 13.3 Å². The van der Waals surface area contributed by atoms with E-state index >= 15 is 0 Å². The molecule has 0 N–H and O–H groups in total. The van der Waals surface area contributed by atoms with Gasteiger partial charge in [-0.2, -0.15) is 0 Å². The van der Waals surface area contributed by atoms with Crippen LogP contribution in [0.25, 0.3) is 0 Å². The van der Waals surface area contributed by atoms with Crippen molar-refractivity contribution < 1.29 is 3.07 Å². The van der Waals surface area contributed by atoms with Crippen LogP contribution in [0.4, 0.5) is 0 Å². The zero-order valence-electron chi connectivity index (χ0n) is 16.2. The topological polar surface area (TPSA) is 9.23 Å². The second kappa shape index (κ2) is 16.6. The van der Waals surface area contributed by atoms with Gasteiger partial charge in [0.2, 0.25) is 0 Å². The standard InChI is InChI=1S/C8H17O.3C4H9.Sn/c1-2-3-4-5-6-7-8-9;3*1-3-4-2;/h2-8H2,1H3;3*1,3-4H2,2H3;/q-1;;;;+1. The van der Waals surface area contributed by atoms with Gasteiger partial charge in [0.25, 0.3) is 0 Å². The van der Waals surface area contributed by atoms with Gasteiger partial charge < -0.3 is 0 Å². The predicted octanol–water partition coefficient (Wildman–Crippen LogP) is 7.71.